The van der Waals surface area contributed by atoms with Crippen LogP contribution in [0.1, 0.15) is 5.56 Å². The molecule has 6 heteroatoms. The smallest absolute Gasteiger partial charge is 0.311 e. The van der Waals surface area contributed by atoms with Gasteiger partial charge in [0.2, 0.25) is 0 Å². The Morgan fingerprint density at radius 2 is 2.31 bits per heavy atom. The molecule has 0 aliphatic rings. The van der Waals surface area contributed by atoms with Crippen LogP contribution in [0.15, 0.2) is 29.8 Å². The molecule has 0 aliphatic carbocycles. The number of ether oxygens (including phenoxy) is 1. The summed E-state index contributed by atoms with van der Waals surface area (Å²) < 4.78 is 5.14. The van der Waals surface area contributed by atoms with E-state index in [2.05, 4.69) is 0 Å². The van der Waals surface area contributed by atoms with Crippen molar-refractivity contribution in [2.75, 3.05) is 6.61 Å². The molecule has 1 N–H and O–H groups in total. The lowest BCUT2D eigenvalue weighted by Gasteiger charge is -2.05. The van der Waals surface area contributed by atoms with Crippen LogP contribution in [0.4, 0.5) is 5.69 Å². The second kappa shape index (κ2) is 6.09. The van der Waals surface area contributed by atoms with Crippen molar-refractivity contribution < 1.29 is 14.8 Å². The second-order valence-electron chi connectivity index (χ2n) is 2.89. The van der Waals surface area contributed by atoms with E-state index in [1.807, 2.05) is 0 Å². The average Bonchev–Trinajstić information content (AvgIpc) is 2.29. The van der Waals surface area contributed by atoms with Crippen molar-refractivity contribution in [1.82, 2.24) is 0 Å². The van der Waals surface area contributed by atoms with E-state index < -0.39 is 4.92 Å². The lowest BCUT2D eigenvalue weighted by Crippen LogP contribution is -1.99. The molecule has 0 unspecified atom stereocenters. The molecule has 0 heterocycles. The van der Waals surface area contributed by atoms with Gasteiger partial charge in [-0.2, -0.15) is 0 Å². The van der Waals surface area contributed by atoms with Gasteiger partial charge >= 0.3 is 5.69 Å². The van der Waals surface area contributed by atoms with Gasteiger partial charge in [-0.3, -0.25) is 10.1 Å². The molecule has 0 saturated carbocycles. The van der Waals surface area contributed by atoms with E-state index in [0.29, 0.717) is 5.56 Å². The molecule has 0 fully saturated rings. The minimum Gasteiger partial charge on any atom is -0.483 e. The Morgan fingerprint density at radius 1 is 1.56 bits per heavy atom. The number of benzene rings is 1. The third-order valence-electron chi connectivity index (χ3n) is 1.83. The summed E-state index contributed by atoms with van der Waals surface area (Å²) >= 11 is 5.29. The van der Waals surface area contributed by atoms with Gasteiger partial charge in [0.1, 0.15) is 6.61 Å². The van der Waals surface area contributed by atoms with Gasteiger partial charge < -0.3 is 9.84 Å². The highest BCUT2D eigenvalue weighted by Crippen LogP contribution is 2.27. The standard InChI is InChI=1S/C10H10ClNO4/c11-4-1-5-16-10-3-2-8(7-13)6-9(10)12(14)15/h1-4,6,13H,5,7H2/b4-1+. The van der Waals surface area contributed by atoms with Crippen molar-refractivity contribution >= 4 is 17.3 Å². The van der Waals surface area contributed by atoms with Gasteiger partial charge in [-0.05, 0) is 17.7 Å². The predicted molar refractivity (Wildman–Crippen MR) is 59.5 cm³/mol. The first-order chi connectivity index (χ1) is 7.69. The van der Waals surface area contributed by atoms with Crippen molar-refractivity contribution in [3.05, 3.63) is 45.5 Å². The van der Waals surface area contributed by atoms with Crippen LogP contribution in [0.5, 0.6) is 5.75 Å². The van der Waals surface area contributed by atoms with Crippen LogP contribution >= 0.6 is 11.6 Å². The number of rotatable bonds is 5. The third-order valence-corrected chi connectivity index (χ3v) is 2.00. The number of nitro groups is 1. The van der Waals surface area contributed by atoms with Crippen molar-refractivity contribution in [3.63, 3.8) is 0 Å². The van der Waals surface area contributed by atoms with E-state index in [9.17, 15) is 10.1 Å². The largest absolute Gasteiger partial charge is 0.483 e. The third kappa shape index (κ3) is 3.22. The Bertz CT molecular complexity index is 406. The van der Waals surface area contributed by atoms with E-state index in [1.54, 1.807) is 6.07 Å². The molecule has 0 aromatic heterocycles. The minimum atomic E-state index is -0.557. The molecule has 0 saturated heterocycles. The Kier molecular flexibility index (Phi) is 4.75. The zero-order valence-electron chi connectivity index (χ0n) is 8.30. The normalized spacial score (nSPS) is 10.6. The van der Waals surface area contributed by atoms with Gasteiger partial charge in [0.15, 0.2) is 5.75 Å². The summed E-state index contributed by atoms with van der Waals surface area (Å²) in [5.41, 5.74) is 1.56. The minimum absolute atomic E-state index is 0.150. The van der Waals surface area contributed by atoms with Gasteiger partial charge in [-0.1, -0.05) is 17.7 Å². The van der Waals surface area contributed by atoms with E-state index in [1.165, 1.54) is 23.7 Å². The monoisotopic (exact) mass is 243 g/mol. The molecule has 86 valence electrons. The lowest BCUT2D eigenvalue weighted by molar-refractivity contribution is -0.385. The molecule has 0 aliphatic heterocycles. The first-order valence-electron chi connectivity index (χ1n) is 4.45. The van der Waals surface area contributed by atoms with Gasteiger partial charge in [0.05, 0.1) is 11.5 Å². The van der Waals surface area contributed by atoms with E-state index in [4.69, 9.17) is 21.4 Å². The topological polar surface area (TPSA) is 72.6 Å². The summed E-state index contributed by atoms with van der Waals surface area (Å²) in [6, 6.07) is 4.29. The fraction of sp³-hybridized carbons (Fsp3) is 0.200. The highest BCUT2D eigenvalue weighted by atomic mass is 35.5. The molecule has 1 rings (SSSR count). The summed E-state index contributed by atoms with van der Waals surface area (Å²) in [4.78, 5) is 10.2. The summed E-state index contributed by atoms with van der Waals surface area (Å²) in [5, 5.41) is 19.6. The van der Waals surface area contributed by atoms with Crippen molar-refractivity contribution in [1.29, 1.82) is 0 Å². The van der Waals surface area contributed by atoms with Gasteiger partial charge in [-0.25, -0.2) is 0 Å². The molecule has 1 aromatic rings. The maximum absolute atomic E-state index is 10.7. The van der Waals surface area contributed by atoms with E-state index in [0.717, 1.165) is 0 Å². The highest BCUT2D eigenvalue weighted by Gasteiger charge is 2.15. The number of halogens is 1. The van der Waals surface area contributed by atoms with Crippen LogP contribution in [-0.2, 0) is 6.61 Å². The fourth-order valence-corrected chi connectivity index (χ4v) is 1.17. The molecule has 1 aromatic carbocycles. The van der Waals surface area contributed by atoms with Crippen LogP contribution in [0.25, 0.3) is 0 Å². The summed E-state index contributed by atoms with van der Waals surface area (Å²) in [7, 11) is 0. The van der Waals surface area contributed by atoms with Crippen LogP contribution in [0.2, 0.25) is 0 Å². The second-order valence-corrected chi connectivity index (χ2v) is 3.14. The molecule has 0 bridgehead atoms. The number of hydrogen-bond donors (Lipinski definition) is 1. The highest BCUT2D eigenvalue weighted by molar-refractivity contribution is 6.25. The zero-order valence-corrected chi connectivity index (χ0v) is 9.05. The maximum Gasteiger partial charge on any atom is 0.311 e. The molecule has 5 nitrogen and oxygen atoms in total. The van der Waals surface area contributed by atoms with Crippen LogP contribution in [0, 0.1) is 10.1 Å². The van der Waals surface area contributed by atoms with E-state index >= 15 is 0 Å². The summed E-state index contributed by atoms with van der Waals surface area (Å²) in [6.07, 6.45) is 1.52. The Balaban J connectivity index is 2.94. The molecular formula is C10H10ClNO4. The predicted octanol–water partition coefficient (Wildman–Crippen LogP) is 2.22. The summed E-state index contributed by atoms with van der Waals surface area (Å²) in [6.45, 7) is -0.0918. The number of nitrogens with zero attached hydrogens (tertiary/aromatic N) is 1. The zero-order chi connectivity index (χ0) is 12.0. The number of nitro benzene ring substituents is 1. The summed E-state index contributed by atoms with van der Waals surface area (Å²) in [5.74, 6) is 0.150. The number of aliphatic hydroxyl groups excluding tert-OH is 1. The number of aliphatic hydroxyl groups is 1. The maximum atomic E-state index is 10.7. The van der Waals surface area contributed by atoms with E-state index in [-0.39, 0.29) is 24.7 Å². The van der Waals surface area contributed by atoms with Crippen LogP contribution in [-0.4, -0.2) is 16.6 Å². The first kappa shape index (κ1) is 12.5. The van der Waals surface area contributed by atoms with Gasteiger partial charge in [0.25, 0.3) is 0 Å². The SMILES string of the molecule is O=[N+]([O-])c1cc(CO)ccc1OC/C=C/Cl. The van der Waals surface area contributed by atoms with Crippen molar-refractivity contribution in [2.45, 2.75) is 6.61 Å². The number of hydrogen-bond acceptors (Lipinski definition) is 4. The average molecular weight is 244 g/mol. The van der Waals surface area contributed by atoms with Crippen molar-refractivity contribution in [2.24, 2.45) is 0 Å². The Hall–Kier alpha value is -1.59. The Morgan fingerprint density at radius 3 is 2.88 bits per heavy atom. The van der Waals surface area contributed by atoms with Crippen LogP contribution in [0.3, 0.4) is 0 Å². The van der Waals surface area contributed by atoms with Gasteiger partial charge in [0, 0.05) is 11.6 Å². The molecular weight excluding hydrogens is 234 g/mol. The molecule has 0 amide bonds. The fourth-order valence-electron chi connectivity index (χ4n) is 1.10. The molecule has 0 spiro atoms. The van der Waals surface area contributed by atoms with Gasteiger partial charge in [-0.15, -0.1) is 0 Å². The van der Waals surface area contributed by atoms with Crippen LogP contribution < -0.4 is 4.74 Å². The molecule has 0 radical (unpaired) electrons. The first-order valence-corrected chi connectivity index (χ1v) is 4.89. The molecule has 0 atom stereocenters. The lowest BCUT2D eigenvalue weighted by atomic mass is 10.2. The molecule has 16 heavy (non-hydrogen) atoms. The quantitative estimate of drug-likeness (QED) is 0.636. The Labute approximate surface area is 97.1 Å². The van der Waals surface area contributed by atoms with Crippen molar-refractivity contribution in [3.8, 4) is 5.75 Å².